The topological polar surface area (TPSA) is 66.3 Å². The maximum atomic E-state index is 12.5. The molecule has 1 saturated heterocycles. The van der Waals surface area contributed by atoms with E-state index in [1.54, 1.807) is 0 Å². The van der Waals surface area contributed by atoms with Crippen molar-refractivity contribution in [2.24, 2.45) is 0 Å². The summed E-state index contributed by atoms with van der Waals surface area (Å²) in [6.07, 6.45) is 4.56. The van der Waals surface area contributed by atoms with Crippen LogP contribution in [0.3, 0.4) is 0 Å². The van der Waals surface area contributed by atoms with Gasteiger partial charge in [0.25, 0.3) is 5.91 Å². The number of aliphatic hydroxyl groups is 1. The average Bonchev–Trinajstić information content (AvgIpc) is 2.87. The van der Waals surface area contributed by atoms with Crippen LogP contribution in [-0.2, 0) is 6.42 Å². The lowest BCUT2D eigenvalue weighted by atomic mass is 9.99. The molecule has 1 aromatic heterocycles. The van der Waals surface area contributed by atoms with E-state index in [2.05, 4.69) is 9.59 Å². The molecule has 0 spiro atoms. The minimum atomic E-state index is 0.0417. The van der Waals surface area contributed by atoms with Gasteiger partial charge in [0.2, 0.25) is 0 Å². The Labute approximate surface area is 111 Å². The molecule has 0 radical (unpaired) electrons. The fourth-order valence-corrected chi connectivity index (χ4v) is 3.16. The van der Waals surface area contributed by atoms with Gasteiger partial charge in [0.1, 0.15) is 4.88 Å². The highest BCUT2D eigenvalue weighted by atomic mass is 32.1. The molecule has 1 amide bonds. The Hall–Kier alpha value is -1.01. The van der Waals surface area contributed by atoms with Gasteiger partial charge in [-0.1, -0.05) is 11.4 Å². The van der Waals surface area contributed by atoms with Crippen LogP contribution in [0.5, 0.6) is 0 Å². The summed E-state index contributed by atoms with van der Waals surface area (Å²) in [5, 5.41) is 13.1. The Morgan fingerprint density at radius 3 is 3.11 bits per heavy atom. The highest BCUT2D eigenvalue weighted by Gasteiger charge is 2.29. The highest BCUT2D eigenvalue weighted by Crippen LogP contribution is 2.24. The number of likely N-dealkylation sites (tertiary alicyclic amines) is 1. The van der Waals surface area contributed by atoms with Gasteiger partial charge in [0, 0.05) is 19.2 Å². The Morgan fingerprint density at radius 2 is 2.39 bits per heavy atom. The maximum absolute atomic E-state index is 12.5. The molecule has 1 unspecified atom stereocenters. The summed E-state index contributed by atoms with van der Waals surface area (Å²) >= 11 is 1.18. The summed E-state index contributed by atoms with van der Waals surface area (Å²) in [6, 6.07) is 0.169. The summed E-state index contributed by atoms with van der Waals surface area (Å²) in [5.41, 5.74) is 0.790. The predicted octanol–water partition coefficient (Wildman–Crippen LogP) is 1.48. The van der Waals surface area contributed by atoms with E-state index < -0.39 is 0 Å². The van der Waals surface area contributed by atoms with E-state index in [0.29, 0.717) is 11.3 Å². The molecule has 1 fully saturated rings. The monoisotopic (exact) mass is 269 g/mol. The summed E-state index contributed by atoms with van der Waals surface area (Å²) < 4.78 is 3.87. The first-order valence-electron chi connectivity index (χ1n) is 6.51. The van der Waals surface area contributed by atoms with Gasteiger partial charge in [-0.15, -0.1) is 5.10 Å². The van der Waals surface area contributed by atoms with E-state index in [1.165, 1.54) is 11.5 Å². The lowest BCUT2D eigenvalue weighted by Crippen LogP contribution is -2.44. The van der Waals surface area contributed by atoms with Crippen molar-refractivity contribution in [3.05, 3.63) is 10.6 Å². The molecule has 1 aliphatic heterocycles. The molecular weight excluding hydrogens is 250 g/mol. The van der Waals surface area contributed by atoms with Gasteiger partial charge in [0.05, 0.1) is 5.69 Å². The molecule has 18 heavy (non-hydrogen) atoms. The van der Waals surface area contributed by atoms with Gasteiger partial charge in [0.15, 0.2) is 0 Å². The van der Waals surface area contributed by atoms with Crippen molar-refractivity contribution in [1.82, 2.24) is 14.5 Å². The standard InChI is InChI=1S/C12H19N3O2S/c1-2-10-11(18-14-13-10)12(17)15-7-4-3-5-9(15)6-8-16/h9,16H,2-8H2,1H3. The number of rotatable bonds is 4. The van der Waals surface area contributed by atoms with Crippen LogP contribution in [-0.4, -0.2) is 44.7 Å². The van der Waals surface area contributed by atoms with Crippen molar-refractivity contribution in [3.63, 3.8) is 0 Å². The van der Waals surface area contributed by atoms with E-state index in [0.717, 1.165) is 37.9 Å². The average molecular weight is 269 g/mol. The van der Waals surface area contributed by atoms with E-state index in [-0.39, 0.29) is 18.6 Å². The third-order valence-electron chi connectivity index (χ3n) is 3.44. The lowest BCUT2D eigenvalue weighted by molar-refractivity contribution is 0.0578. The highest BCUT2D eigenvalue weighted by molar-refractivity contribution is 7.08. The Balaban J connectivity index is 2.15. The fourth-order valence-electron chi connectivity index (χ4n) is 2.45. The minimum absolute atomic E-state index is 0.0417. The lowest BCUT2D eigenvalue weighted by Gasteiger charge is -2.35. The van der Waals surface area contributed by atoms with Gasteiger partial charge in [-0.05, 0) is 43.6 Å². The van der Waals surface area contributed by atoms with Crippen LogP contribution in [0.15, 0.2) is 0 Å². The molecule has 0 aliphatic carbocycles. The number of aliphatic hydroxyl groups excluding tert-OH is 1. The van der Waals surface area contributed by atoms with Crippen LogP contribution < -0.4 is 0 Å². The quantitative estimate of drug-likeness (QED) is 0.899. The summed E-state index contributed by atoms with van der Waals surface area (Å²) in [6.45, 7) is 2.90. The molecular formula is C12H19N3O2S. The smallest absolute Gasteiger partial charge is 0.267 e. The van der Waals surface area contributed by atoms with Crippen LogP contribution in [0.25, 0.3) is 0 Å². The zero-order valence-electron chi connectivity index (χ0n) is 10.6. The van der Waals surface area contributed by atoms with Crippen molar-refractivity contribution in [1.29, 1.82) is 0 Å². The number of aryl methyl sites for hydroxylation is 1. The molecule has 1 N–H and O–H groups in total. The van der Waals surface area contributed by atoms with E-state index in [4.69, 9.17) is 5.11 Å². The zero-order valence-corrected chi connectivity index (χ0v) is 11.4. The van der Waals surface area contributed by atoms with Crippen LogP contribution in [0.1, 0.15) is 48.0 Å². The van der Waals surface area contributed by atoms with Crippen molar-refractivity contribution in [2.75, 3.05) is 13.2 Å². The van der Waals surface area contributed by atoms with Crippen LogP contribution >= 0.6 is 11.5 Å². The number of piperidine rings is 1. The molecule has 1 aromatic rings. The molecule has 100 valence electrons. The molecule has 1 aliphatic rings. The van der Waals surface area contributed by atoms with Crippen molar-refractivity contribution < 1.29 is 9.90 Å². The molecule has 0 aromatic carbocycles. The first-order valence-corrected chi connectivity index (χ1v) is 7.28. The summed E-state index contributed by atoms with van der Waals surface area (Å²) in [5.74, 6) is 0.0417. The maximum Gasteiger partial charge on any atom is 0.267 e. The number of aromatic nitrogens is 2. The van der Waals surface area contributed by atoms with Crippen molar-refractivity contribution in [3.8, 4) is 0 Å². The van der Waals surface area contributed by atoms with Crippen LogP contribution in [0.4, 0.5) is 0 Å². The zero-order chi connectivity index (χ0) is 13.0. The van der Waals surface area contributed by atoms with Gasteiger partial charge in [-0.2, -0.15) is 0 Å². The number of carbonyl (C=O) groups excluding carboxylic acids is 1. The molecule has 6 heteroatoms. The number of amides is 1. The summed E-state index contributed by atoms with van der Waals surface area (Å²) in [7, 11) is 0. The minimum Gasteiger partial charge on any atom is -0.396 e. The number of hydrogen-bond acceptors (Lipinski definition) is 5. The molecule has 1 atom stereocenters. The van der Waals surface area contributed by atoms with Crippen LogP contribution in [0.2, 0.25) is 0 Å². The van der Waals surface area contributed by atoms with Gasteiger partial charge in [-0.25, -0.2) is 0 Å². The molecule has 5 nitrogen and oxygen atoms in total. The Kier molecular flexibility index (Phi) is 4.66. The summed E-state index contributed by atoms with van der Waals surface area (Å²) in [4.78, 5) is 15.1. The molecule has 0 bridgehead atoms. The van der Waals surface area contributed by atoms with E-state index in [9.17, 15) is 4.79 Å². The van der Waals surface area contributed by atoms with Crippen molar-refractivity contribution >= 4 is 17.4 Å². The number of nitrogens with zero attached hydrogens (tertiary/aromatic N) is 3. The Morgan fingerprint density at radius 1 is 1.56 bits per heavy atom. The third-order valence-corrected chi connectivity index (χ3v) is 4.19. The third kappa shape index (κ3) is 2.70. The first-order chi connectivity index (χ1) is 8.77. The second-order valence-electron chi connectivity index (χ2n) is 4.56. The van der Waals surface area contributed by atoms with Gasteiger partial charge < -0.3 is 10.0 Å². The van der Waals surface area contributed by atoms with E-state index in [1.807, 2.05) is 11.8 Å². The fraction of sp³-hybridized carbons (Fsp3) is 0.750. The van der Waals surface area contributed by atoms with E-state index >= 15 is 0 Å². The van der Waals surface area contributed by atoms with Gasteiger partial charge in [-0.3, -0.25) is 4.79 Å². The second-order valence-corrected chi connectivity index (χ2v) is 5.32. The van der Waals surface area contributed by atoms with Crippen LogP contribution in [0, 0.1) is 0 Å². The number of carbonyl (C=O) groups is 1. The van der Waals surface area contributed by atoms with Gasteiger partial charge >= 0.3 is 0 Å². The predicted molar refractivity (Wildman–Crippen MR) is 69.7 cm³/mol. The normalized spacial score (nSPS) is 20.1. The Bertz CT molecular complexity index is 406. The van der Waals surface area contributed by atoms with Crippen molar-refractivity contribution in [2.45, 2.75) is 45.1 Å². The molecule has 2 heterocycles. The largest absolute Gasteiger partial charge is 0.396 e. The molecule has 0 saturated carbocycles. The first kappa shape index (κ1) is 13.4. The number of hydrogen-bond donors (Lipinski definition) is 1. The molecule has 2 rings (SSSR count). The SMILES string of the molecule is CCc1nnsc1C(=O)N1CCCCC1CCO. The second kappa shape index (κ2) is 6.24.